The number of ether oxygens (including phenoxy) is 1. The molecular formula is C18H28N2O. The molecule has 2 aliphatic rings. The lowest BCUT2D eigenvalue weighted by Gasteiger charge is -2.30. The molecule has 21 heavy (non-hydrogen) atoms. The summed E-state index contributed by atoms with van der Waals surface area (Å²) in [6, 6.07) is 8.59. The quantitative estimate of drug-likeness (QED) is 0.922. The van der Waals surface area contributed by atoms with Crippen LogP contribution in [0.15, 0.2) is 24.3 Å². The summed E-state index contributed by atoms with van der Waals surface area (Å²) < 4.78 is 6.39. The minimum atomic E-state index is 0.403. The van der Waals surface area contributed by atoms with Crippen molar-refractivity contribution in [1.82, 2.24) is 5.32 Å². The standard InChI is InChI=1S/C18H28N2O/c1-15-6-4-7-16(14-15)21-18-9-3-2-8-17(18)20-12-5-10-19-11-13-20/h2-3,8-9,15-16,19H,4-7,10-14H2,1H3. The summed E-state index contributed by atoms with van der Waals surface area (Å²) in [5.41, 5.74) is 1.28. The van der Waals surface area contributed by atoms with E-state index in [2.05, 4.69) is 41.4 Å². The molecule has 2 atom stereocenters. The van der Waals surface area contributed by atoms with E-state index in [-0.39, 0.29) is 0 Å². The van der Waals surface area contributed by atoms with Crippen LogP contribution in [0.1, 0.15) is 39.0 Å². The van der Waals surface area contributed by atoms with Gasteiger partial charge in [-0.3, -0.25) is 0 Å². The molecule has 116 valence electrons. The number of benzene rings is 1. The van der Waals surface area contributed by atoms with Crippen molar-refractivity contribution >= 4 is 5.69 Å². The summed E-state index contributed by atoms with van der Waals surface area (Å²) in [7, 11) is 0. The Morgan fingerprint density at radius 1 is 1.10 bits per heavy atom. The molecule has 0 radical (unpaired) electrons. The van der Waals surface area contributed by atoms with Gasteiger partial charge in [-0.1, -0.05) is 25.5 Å². The molecule has 1 heterocycles. The zero-order chi connectivity index (χ0) is 14.5. The molecule has 3 heteroatoms. The van der Waals surface area contributed by atoms with E-state index >= 15 is 0 Å². The Kier molecular flexibility index (Phi) is 5.02. The zero-order valence-corrected chi connectivity index (χ0v) is 13.2. The summed E-state index contributed by atoms with van der Waals surface area (Å²) in [5, 5.41) is 3.47. The first kappa shape index (κ1) is 14.7. The topological polar surface area (TPSA) is 24.5 Å². The molecule has 3 rings (SSSR count). The molecule has 2 fully saturated rings. The highest BCUT2D eigenvalue weighted by atomic mass is 16.5. The smallest absolute Gasteiger partial charge is 0.143 e. The van der Waals surface area contributed by atoms with E-state index in [0.29, 0.717) is 6.10 Å². The molecule has 2 unspecified atom stereocenters. The lowest BCUT2D eigenvalue weighted by atomic mass is 9.89. The largest absolute Gasteiger partial charge is 0.488 e. The fourth-order valence-corrected chi connectivity index (χ4v) is 3.57. The molecule has 1 aromatic carbocycles. The molecule has 1 aliphatic heterocycles. The van der Waals surface area contributed by atoms with Gasteiger partial charge in [0, 0.05) is 19.6 Å². The molecule has 0 amide bonds. The van der Waals surface area contributed by atoms with Crippen molar-refractivity contribution in [3.8, 4) is 5.75 Å². The summed E-state index contributed by atoms with van der Waals surface area (Å²) in [6.45, 7) is 6.73. The van der Waals surface area contributed by atoms with Gasteiger partial charge >= 0.3 is 0 Å². The van der Waals surface area contributed by atoms with Gasteiger partial charge in [0.1, 0.15) is 5.75 Å². The molecule has 1 saturated carbocycles. The fourth-order valence-electron chi connectivity index (χ4n) is 3.57. The maximum Gasteiger partial charge on any atom is 0.143 e. The lowest BCUT2D eigenvalue weighted by molar-refractivity contribution is 0.129. The number of hydrogen-bond acceptors (Lipinski definition) is 3. The minimum Gasteiger partial charge on any atom is -0.488 e. The molecule has 0 spiro atoms. The molecule has 1 aliphatic carbocycles. The van der Waals surface area contributed by atoms with Gasteiger partial charge in [0.25, 0.3) is 0 Å². The highest BCUT2D eigenvalue weighted by Crippen LogP contribution is 2.33. The second-order valence-corrected chi connectivity index (χ2v) is 6.57. The SMILES string of the molecule is CC1CCCC(Oc2ccccc2N2CCCNCC2)C1. The first-order valence-electron chi connectivity index (χ1n) is 8.54. The Bertz CT molecular complexity index is 441. The summed E-state index contributed by atoms with van der Waals surface area (Å²) in [4.78, 5) is 2.47. The fraction of sp³-hybridized carbons (Fsp3) is 0.667. The van der Waals surface area contributed by atoms with Crippen molar-refractivity contribution in [1.29, 1.82) is 0 Å². The molecule has 1 N–H and O–H groups in total. The number of nitrogens with zero attached hydrogens (tertiary/aromatic N) is 1. The first-order chi connectivity index (χ1) is 10.3. The minimum absolute atomic E-state index is 0.403. The van der Waals surface area contributed by atoms with Gasteiger partial charge in [-0.2, -0.15) is 0 Å². The van der Waals surface area contributed by atoms with Crippen LogP contribution in [0, 0.1) is 5.92 Å². The van der Waals surface area contributed by atoms with Gasteiger partial charge in [0.2, 0.25) is 0 Å². The highest BCUT2D eigenvalue weighted by Gasteiger charge is 2.22. The van der Waals surface area contributed by atoms with E-state index in [0.717, 1.165) is 37.8 Å². The van der Waals surface area contributed by atoms with Gasteiger partial charge in [0.15, 0.2) is 0 Å². The first-order valence-corrected chi connectivity index (χ1v) is 8.54. The highest BCUT2D eigenvalue weighted by molar-refractivity contribution is 5.58. The Labute approximate surface area is 128 Å². The summed E-state index contributed by atoms with van der Waals surface area (Å²) >= 11 is 0. The van der Waals surface area contributed by atoms with Crippen LogP contribution in [-0.4, -0.2) is 32.3 Å². The van der Waals surface area contributed by atoms with Crippen molar-refractivity contribution < 1.29 is 4.74 Å². The van der Waals surface area contributed by atoms with Crippen LogP contribution in [-0.2, 0) is 0 Å². The van der Waals surface area contributed by atoms with Crippen molar-refractivity contribution in [3.05, 3.63) is 24.3 Å². The van der Waals surface area contributed by atoms with Crippen LogP contribution in [0.4, 0.5) is 5.69 Å². The number of anilines is 1. The van der Waals surface area contributed by atoms with Crippen molar-refractivity contribution in [2.24, 2.45) is 5.92 Å². The average Bonchev–Trinajstić information content (AvgIpc) is 2.77. The third kappa shape index (κ3) is 3.91. The average molecular weight is 288 g/mol. The van der Waals surface area contributed by atoms with Crippen molar-refractivity contribution in [3.63, 3.8) is 0 Å². The van der Waals surface area contributed by atoms with Crippen LogP contribution in [0.25, 0.3) is 0 Å². The lowest BCUT2D eigenvalue weighted by Crippen LogP contribution is -2.29. The maximum absolute atomic E-state index is 6.39. The van der Waals surface area contributed by atoms with Crippen LogP contribution < -0.4 is 15.0 Å². The van der Waals surface area contributed by atoms with E-state index in [9.17, 15) is 0 Å². The molecule has 3 nitrogen and oxygen atoms in total. The Morgan fingerprint density at radius 3 is 2.90 bits per heavy atom. The van der Waals surface area contributed by atoms with Gasteiger partial charge < -0.3 is 15.0 Å². The molecular weight excluding hydrogens is 260 g/mol. The van der Waals surface area contributed by atoms with Gasteiger partial charge in [-0.05, 0) is 50.3 Å². The van der Waals surface area contributed by atoms with E-state index in [4.69, 9.17) is 4.74 Å². The molecule has 1 aromatic rings. The van der Waals surface area contributed by atoms with Crippen LogP contribution in [0.3, 0.4) is 0 Å². The summed E-state index contributed by atoms with van der Waals surface area (Å²) in [5.74, 6) is 1.89. The number of hydrogen-bond donors (Lipinski definition) is 1. The normalized spacial score (nSPS) is 27.2. The predicted octanol–water partition coefficient (Wildman–Crippen LogP) is 3.44. The van der Waals surface area contributed by atoms with Gasteiger partial charge in [0.05, 0.1) is 11.8 Å². The van der Waals surface area contributed by atoms with Crippen molar-refractivity contribution in [2.45, 2.75) is 45.1 Å². The monoisotopic (exact) mass is 288 g/mol. The van der Waals surface area contributed by atoms with E-state index in [1.54, 1.807) is 0 Å². The molecule has 1 saturated heterocycles. The maximum atomic E-state index is 6.39. The van der Waals surface area contributed by atoms with Gasteiger partial charge in [-0.25, -0.2) is 0 Å². The van der Waals surface area contributed by atoms with Crippen LogP contribution in [0.2, 0.25) is 0 Å². The van der Waals surface area contributed by atoms with E-state index in [1.807, 2.05) is 0 Å². The van der Waals surface area contributed by atoms with Crippen LogP contribution in [0.5, 0.6) is 5.75 Å². The van der Waals surface area contributed by atoms with Gasteiger partial charge in [-0.15, -0.1) is 0 Å². The Morgan fingerprint density at radius 2 is 2.00 bits per heavy atom. The van der Waals surface area contributed by atoms with Crippen LogP contribution >= 0.6 is 0 Å². The Hall–Kier alpha value is -1.22. The van der Waals surface area contributed by atoms with Crippen molar-refractivity contribution in [2.75, 3.05) is 31.1 Å². The summed E-state index contributed by atoms with van der Waals surface area (Å²) in [6.07, 6.45) is 6.69. The van der Waals surface area contributed by atoms with E-state index in [1.165, 1.54) is 37.8 Å². The second kappa shape index (κ2) is 7.17. The molecule has 0 bridgehead atoms. The third-order valence-electron chi connectivity index (χ3n) is 4.73. The zero-order valence-electron chi connectivity index (χ0n) is 13.2. The predicted molar refractivity (Wildman–Crippen MR) is 88.2 cm³/mol. The number of para-hydroxylation sites is 2. The van der Waals surface area contributed by atoms with E-state index < -0.39 is 0 Å². The number of rotatable bonds is 3. The third-order valence-corrected chi connectivity index (χ3v) is 4.73. The second-order valence-electron chi connectivity index (χ2n) is 6.57. The Balaban J connectivity index is 1.72. The number of nitrogens with one attached hydrogen (secondary N) is 1. The molecule has 0 aromatic heterocycles.